The van der Waals surface area contributed by atoms with E-state index in [-0.39, 0.29) is 5.56 Å². The molecule has 1 aromatic heterocycles. The maximum Gasteiger partial charge on any atom is 0.335 e. The smallest absolute Gasteiger partial charge is 0.335 e. The largest absolute Gasteiger partial charge is 0.478 e. The summed E-state index contributed by atoms with van der Waals surface area (Å²) >= 11 is 1.41. The van der Waals surface area contributed by atoms with Crippen LogP contribution < -0.4 is 0 Å². The lowest BCUT2D eigenvalue weighted by atomic mass is 10.0. The highest BCUT2D eigenvalue weighted by molar-refractivity contribution is 7.16. The van der Waals surface area contributed by atoms with Crippen LogP contribution >= 0.6 is 11.3 Å². The minimum Gasteiger partial charge on any atom is -0.478 e. The first kappa shape index (κ1) is 12.4. The Kier molecular flexibility index (Phi) is 2.97. The lowest BCUT2D eigenvalue weighted by molar-refractivity contribution is 0.0697. The first-order valence-corrected chi connectivity index (χ1v) is 6.77. The van der Waals surface area contributed by atoms with Crippen LogP contribution in [0.5, 0.6) is 0 Å². The molecule has 1 heterocycles. The SMILES string of the molecule is N#Cc1ccc(-c2cccc3ccc(C(=O)O)cc23)s1. The fraction of sp³-hybridized carbons (Fsp3) is 0. The Balaban J connectivity index is 2.27. The molecule has 0 fully saturated rings. The summed E-state index contributed by atoms with van der Waals surface area (Å²) in [5.74, 6) is -0.939. The molecule has 20 heavy (non-hydrogen) atoms. The van der Waals surface area contributed by atoms with Gasteiger partial charge in [0.15, 0.2) is 0 Å². The van der Waals surface area contributed by atoms with Crippen molar-refractivity contribution in [2.24, 2.45) is 0 Å². The van der Waals surface area contributed by atoms with Crippen molar-refractivity contribution in [1.82, 2.24) is 0 Å². The van der Waals surface area contributed by atoms with Crippen molar-refractivity contribution in [3.8, 4) is 16.5 Å². The minimum atomic E-state index is -0.939. The number of nitriles is 1. The number of rotatable bonds is 2. The van der Waals surface area contributed by atoms with Crippen LogP contribution in [0.15, 0.2) is 48.5 Å². The summed E-state index contributed by atoms with van der Waals surface area (Å²) in [6, 6.07) is 16.7. The zero-order valence-corrected chi connectivity index (χ0v) is 11.1. The lowest BCUT2D eigenvalue weighted by Gasteiger charge is -2.05. The van der Waals surface area contributed by atoms with Gasteiger partial charge in [-0.05, 0) is 40.6 Å². The zero-order valence-electron chi connectivity index (χ0n) is 10.3. The van der Waals surface area contributed by atoms with Gasteiger partial charge < -0.3 is 5.11 Å². The van der Waals surface area contributed by atoms with Crippen molar-refractivity contribution in [2.45, 2.75) is 0 Å². The van der Waals surface area contributed by atoms with Gasteiger partial charge >= 0.3 is 5.97 Å². The molecule has 0 saturated heterocycles. The molecular weight excluding hydrogens is 270 g/mol. The number of hydrogen-bond donors (Lipinski definition) is 1. The van der Waals surface area contributed by atoms with Crippen LogP contribution in [0.1, 0.15) is 15.2 Å². The summed E-state index contributed by atoms with van der Waals surface area (Å²) in [7, 11) is 0. The predicted molar refractivity (Wildman–Crippen MR) is 78.9 cm³/mol. The van der Waals surface area contributed by atoms with Crippen molar-refractivity contribution >= 4 is 28.1 Å². The zero-order chi connectivity index (χ0) is 14.1. The highest BCUT2D eigenvalue weighted by Gasteiger charge is 2.09. The molecule has 0 bridgehead atoms. The Morgan fingerprint density at radius 2 is 2.00 bits per heavy atom. The second-order valence-electron chi connectivity index (χ2n) is 4.32. The molecule has 0 aliphatic carbocycles. The van der Waals surface area contributed by atoms with Gasteiger partial charge in [0.05, 0.1) is 5.56 Å². The summed E-state index contributed by atoms with van der Waals surface area (Å²) in [6.07, 6.45) is 0. The Morgan fingerprint density at radius 1 is 1.15 bits per heavy atom. The number of carboxylic acid groups (broad SMARTS) is 1. The molecule has 0 saturated carbocycles. The predicted octanol–water partition coefficient (Wildman–Crippen LogP) is 4.14. The highest BCUT2D eigenvalue weighted by atomic mass is 32.1. The van der Waals surface area contributed by atoms with Gasteiger partial charge in [-0.2, -0.15) is 5.26 Å². The molecule has 1 N–H and O–H groups in total. The molecule has 4 heteroatoms. The average molecular weight is 279 g/mol. The van der Waals surface area contributed by atoms with Crippen LogP contribution in [0, 0.1) is 11.3 Å². The standard InChI is InChI=1S/C16H9NO2S/c17-9-12-6-7-15(20-12)13-3-1-2-10-4-5-11(16(18)19)8-14(10)13/h1-8H,(H,18,19). The Bertz CT molecular complexity index is 858. The van der Waals surface area contributed by atoms with Crippen LogP contribution in [0.2, 0.25) is 0 Å². The molecule has 0 aliphatic heterocycles. The molecule has 3 aromatic rings. The molecule has 0 radical (unpaired) electrons. The van der Waals surface area contributed by atoms with E-state index in [0.717, 1.165) is 21.2 Å². The second kappa shape index (κ2) is 4.80. The van der Waals surface area contributed by atoms with E-state index >= 15 is 0 Å². The van der Waals surface area contributed by atoms with E-state index in [4.69, 9.17) is 10.4 Å². The Morgan fingerprint density at radius 3 is 2.70 bits per heavy atom. The number of nitrogens with zero attached hydrogens (tertiary/aromatic N) is 1. The van der Waals surface area contributed by atoms with Crippen LogP contribution in [-0.2, 0) is 0 Å². The first-order chi connectivity index (χ1) is 9.69. The maximum absolute atomic E-state index is 11.1. The minimum absolute atomic E-state index is 0.266. The van der Waals surface area contributed by atoms with Gasteiger partial charge in [-0.25, -0.2) is 4.79 Å². The third-order valence-corrected chi connectivity index (χ3v) is 4.13. The van der Waals surface area contributed by atoms with Gasteiger partial charge in [0.2, 0.25) is 0 Å². The summed E-state index contributed by atoms with van der Waals surface area (Å²) in [5, 5.41) is 19.9. The summed E-state index contributed by atoms with van der Waals surface area (Å²) in [5.41, 5.74) is 1.22. The van der Waals surface area contributed by atoms with Crippen molar-refractivity contribution in [1.29, 1.82) is 5.26 Å². The van der Waals surface area contributed by atoms with Crippen molar-refractivity contribution in [2.75, 3.05) is 0 Å². The number of thiophene rings is 1. The van der Waals surface area contributed by atoms with Crippen molar-refractivity contribution in [3.05, 3.63) is 59.0 Å². The summed E-state index contributed by atoms with van der Waals surface area (Å²) < 4.78 is 0. The summed E-state index contributed by atoms with van der Waals surface area (Å²) in [6.45, 7) is 0. The lowest BCUT2D eigenvalue weighted by Crippen LogP contribution is -1.95. The van der Waals surface area contributed by atoms with Gasteiger partial charge in [0.1, 0.15) is 10.9 Å². The number of benzene rings is 2. The molecule has 3 nitrogen and oxygen atoms in total. The molecule has 2 aromatic carbocycles. The molecule has 3 rings (SSSR count). The van der Waals surface area contributed by atoms with E-state index < -0.39 is 5.97 Å². The van der Waals surface area contributed by atoms with E-state index in [1.807, 2.05) is 24.3 Å². The van der Waals surface area contributed by atoms with Gasteiger partial charge in [0.25, 0.3) is 0 Å². The normalized spacial score (nSPS) is 10.3. The van der Waals surface area contributed by atoms with Crippen molar-refractivity contribution < 1.29 is 9.90 Å². The quantitative estimate of drug-likeness (QED) is 0.767. The maximum atomic E-state index is 11.1. The van der Waals surface area contributed by atoms with Gasteiger partial charge in [-0.1, -0.05) is 24.3 Å². The van der Waals surface area contributed by atoms with Crippen molar-refractivity contribution in [3.63, 3.8) is 0 Å². The van der Waals surface area contributed by atoms with Gasteiger partial charge in [-0.3, -0.25) is 0 Å². The van der Waals surface area contributed by atoms with E-state index in [1.165, 1.54) is 11.3 Å². The number of carboxylic acids is 1. The third-order valence-electron chi connectivity index (χ3n) is 3.11. The average Bonchev–Trinajstić information content (AvgIpc) is 2.94. The summed E-state index contributed by atoms with van der Waals surface area (Å²) in [4.78, 5) is 12.7. The molecule has 0 spiro atoms. The Hall–Kier alpha value is -2.64. The van der Waals surface area contributed by atoms with Gasteiger partial charge in [0, 0.05) is 4.88 Å². The van der Waals surface area contributed by atoms with E-state index in [1.54, 1.807) is 24.3 Å². The molecule has 96 valence electrons. The molecule has 0 aliphatic rings. The topological polar surface area (TPSA) is 61.1 Å². The molecule has 0 unspecified atom stereocenters. The number of fused-ring (bicyclic) bond motifs is 1. The molecule has 0 amide bonds. The first-order valence-electron chi connectivity index (χ1n) is 5.95. The van der Waals surface area contributed by atoms with Crippen LogP contribution in [-0.4, -0.2) is 11.1 Å². The monoisotopic (exact) mass is 279 g/mol. The molecular formula is C16H9NO2S. The fourth-order valence-electron chi connectivity index (χ4n) is 2.16. The Labute approximate surface area is 119 Å². The van der Waals surface area contributed by atoms with Crippen LogP contribution in [0.4, 0.5) is 0 Å². The van der Waals surface area contributed by atoms with Crippen LogP contribution in [0.3, 0.4) is 0 Å². The number of carbonyl (C=O) groups is 1. The van der Waals surface area contributed by atoms with Gasteiger partial charge in [-0.15, -0.1) is 11.3 Å². The number of aromatic carboxylic acids is 1. The van der Waals surface area contributed by atoms with E-state index in [2.05, 4.69) is 6.07 Å². The third kappa shape index (κ3) is 2.04. The second-order valence-corrected chi connectivity index (χ2v) is 5.41. The van der Waals surface area contributed by atoms with Crippen LogP contribution in [0.25, 0.3) is 21.2 Å². The van der Waals surface area contributed by atoms with E-state index in [9.17, 15) is 4.79 Å². The highest BCUT2D eigenvalue weighted by Crippen LogP contribution is 2.33. The fourth-order valence-corrected chi connectivity index (χ4v) is 3.01. The van der Waals surface area contributed by atoms with E-state index in [0.29, 0.717) is 4.88 Å². The molecule has 0 atom stereocenters. The number of hydrogen-bond acceptors (Lipinski definition) is 3.